The molecular weight excluding hydrogens is 580 g/mol. The summed E-state index contributed by atoms with van der Waals surface area (Å²) in [6, 6.07) is 26.9. The van der Waals surface area contributed by atoms with Crippen molar-refractivity contribution in [3.8, 4) is 0 Å². The van der Waals surface area contributed by atoms with Gasteiger partial charge in [-0.2, -0.15) is 4.99 Å². The number of thioether (sulfide) groups is 1. The van der Waals surface area contributed by atoms with Gasteiger partial charge in [0, 0.05) is 34.9 Å². The normalized spacial score (nSPS) is 14.9. The average Bonchev–Trinajstić information content (AvgIpc) is 3.31. The average molecular weight is 615 g/mol. The third kappa shape index (κ3) is 6.66. The molecule has 0 aliphatic carbocycles. The second-order valence-corrected chi connectivity index (χ2v) is 11.3. The minimum atomic E-state index is -0.652. The standard InChI is InChI=1S/C37H34N4O3S/c1-5-7-20-28(6-2)41-36(44)31(23-30-25(3)40(4)32-22-15-14-21-29(30)32)35(43)39-37(41)45-24-33(42)38-34(26-16-10-8-11-17-26)27-18-12-9-13-19-27/h5-23,34H,1,24H2,2-4H3,(H,38,42)/b20-7-,28-6+,31-23+. The summed E-state index contributed by atoms with van der Waals surface area (Å²) < 4.78 is 2.03. The van der Waals surface area contributed by atoms with Gasteiger partial charge in [-0.3, -0.25) is 19.3 Å². The number of fused-ring (bicyclic) bond motifs is 1. The first-order valence-electron chi connectivity index (χ1n) is 14.5. The Morgan fingerprint density at radius 2 is 1.60 bits per heavy atom. The lowest BCUT2D eigenvalue weighted by Gasteiger charge is -2.28. The van der Waals surface area contributed by atoms with Crippen LogP contribution in [0.5, 0.6) is 0 Å². The van der Waals surface area contributed by atoms with Gasteiger partial charge in [0.15, 0.2) is 5.17 Å². The number of rotatable bonds is 9. The van der Waals surface area contributed by atoms with Gasteiger partial charge >= 0.3 is 0 Å². The molecule has 1 aliphatic heterocycles. The Balaban J connectivity index is 1.46. The molecule has 3 aromatic carbocycles. The van der Waals surface area contributed by atoms with E-state index in [4.69, 9.17) is 0 Å². The van der Waals surface area contributed by atoms with Crippen LogP contribution in [0.25, 0.3) is 17.0 Å². The van der Waals surface area contributed by atoms with Crippen molar-refractivity contribution in [2.75, 3.05) is 5.75 Å². The molecule has 0 unspecified atom stereocenters. The van der Waals surface area contributed by atoms with E-state index in [-0.39, 0.29) is 28.4 Å². The number of allylic oxidation sites excluding steroid dienone is 4. The maximum atomic E-state index is 14.1. The molecule has 0 spiro atoms. The summed E-state index contributed by atoms with van der Waals surface area (Å²) in [6.07, 6.45) is 8.41. The first-order valence-corrected chi connectivity index (χ1v) is 15.5. The van der Waals surface area contributed by atoms with E-state index in [1.54, 1.807) is 37.3 Å². The molecule has 7 nitrogen and oxygen atoms in total. The number of carbonyl (C=O) groups excluding carboxylic acids is 3. The molecule has 0 saturated heterocycles. The number of aryl methyl sites for hydroxylation is 1. The van der Waals surface area contributed by atoms with Crippen LogP contribution < -0.4 is 5.32 Å². The van der Waals surface area contributed by atoms with Crippen LogP contribution in [0, 0.1) is 6.92 Å². The van der Waals surface area contributed by atoms with E-state index in [1.807, 2.05) is 103 Å². The fourth-order valence-electron chi connectivity index (χ4n) is 5.27. The summed E-state index contributed by atoms with van der Waals surface area (Å²) in [5.74, 6) is -1.49. The van der Waals surface area contributed by atoms with E-state index >= 15 is 0 Å². The van der Waals surface area contributed by atoms with Crippen LogP contribution in [0.1, 0.15) is 35.3 Å². The number of nitrogens with one attached hydrogen (secondary N) is 1. The number of amides is 3. The number of aromatic nitrogens is 1. The SMILES string of the molecule is C=C/C=C\C(=C/C)N1C(=O)/C(=C/c2c(C)n(C)c3ccccc23)C(=O)N=C1SCC(=O)NC(c1ccccc1)c1ccccc1. The van der Waals surface area contributed by atoms with E-state index in [2.05, 4.69) is 16.9 Å². The summed E-state index contributed by atoms with van der Waals surface area (Å²) in [4.78, 5) is 46.6. The second kappa shape index (κ2) is 14.1. The van der Waals surface area contributed by atoms with E-state index in [0.29, 0.717) is 5.70 Å². The molecule has 8 heteroatoms. The highest BCUT2D eigenvalue weighted by molar-refractivity contribution is 8.14. The molecule has 1 aliphatic rings. The molecular formula is C37H34N4O3S. The first kappa shape index (κ1) is 31.2. The van der Waals surface area contributed by atoms with Crippen LogP contribution in [0.3, 0.4) is 0 Å². The summed E-state index contributed by atoms with van der Waals surface area (Å²) in [7, 11) is 1.95. The molecule has 4 aromatic rings. The number of nitrogens with zero attached hydrogens (tertiary/aromatic N) is 3. The molecule has 0 radical (unpaired) electrons. The molecule has 0 saturated carbocycles. The largest absolute Gasteiger partial charge is 0.347 e. The zero-order chi connectivity index (χ0) is 31.9. The van der Waals surface area contributed by atoms with Crippen LogP contribution in [0.4, 0.5) is 0 Å². The minimum Gasteiger partial charge on any atom is -0.347 e. The second-order valence-electron chi connectivity index (χ2n) is 10.4. The summed E-state index contributed by atoms with van der Waals surface area (Å²) in [5, 5.41) is 4.17. The highest BCUT2D eigenvalue weighted by Gasteiger charge is 2.35. The third-order valence-electron chi connectivity index (χ3n) is 7.65. The summed E-state index contributed by atoms with van der Waals surface area (Å²) in [5.41, 5.74) is 5.02. The predicted octanol–water partition coefficient (Wildman–Crippen LogP) is 6.88. The van der Waals surface area contributed by atoms with E-state index in [1.165, 1.54) is 4.90 Å². The lowest BCUT2D eigenvalue weighted by molar-refractivity contribution is -0.126. The third-order valence-corrected chi connectivity index (χ3v) is 8.59. The van der Waals surface area contributed by atoms with Gasteiger partial charge in [-0.1, -0.05) is 115 Å². The van der Waals surface area contributed by atoms with Crippen molar-refractivity contribution in [2.45, 2.75) is 19.9 Å². The molecule has 0 fully saturated rings. The number of benzene rings is 3. The Morgan fingerprint density at radius 1 is 0.978 bits per heavy atom. The van der Waals surface area contributed by atoms with Gasteiger partial charge in [-0.25, -0.2) is 0 Å². The van der Waals surface area contributed by atoms with Crippen LogP contribution in [0.2, 0.25) is 0 Å². The summed E-state index contributed by atoms with van der Waals surface area (Å²) in [6.45, 7) is 7.48. The maximum Gasteiger partial charge on any atom is 0.285 e. The van der Waals surface area contributed by atoms with Gasteiger partial charge in [0.05, 0.1) is 11.8 Å². The first-order chi connectivity index (χ1) is 21.8. The highest BCUT2D eigenvalue weighted by atomic mass is 32.2. The number of hydrogen-bond donors (Lipinski definition) is 1. The Labute approximate surface area is 267 Å². The predicted molar refractivity (Wildman–Crippen MR) is 183 cm³/mol. The van der Waals surface area contributed by atoms with Gasteiger partial charge < -0.3 is 9.88 Å². The lowest BCUT2D eigenvalue weighted by atomic mass is 9.99. The van der Waals surface area contributed by atoms with E-state index in [0.717, 1.165) is 45.0 Å². The van der Waals surface area contributed by atoms with Crippen molar-refractivity contribution in [1.82, 2.24) is 14.8 Å². The van der Waals surface area contributed by atoms with Crippen molar-refractivity contribution in [2.24, 2.45) is 12.0 Å². The van der Waals surface area contributed by atoms with Crippen molar-refractivity contribution in [3.63, 3.8) is 0 Å². The molecule has 1 N–H and O–H groups in total. The number of amidine groups is 1. The van der Waals surface area contributed by atoms with Gasteiger partial charge in [-0.15, -0.1) is 0 Å². The van der Waals surface area contributed by atoms with Gasteiger partial charge in [-0.05, 0) is 43.2 Å². The molecule has 45 heavy (non-hydrogen) atoms. The molecule has 226 valence electrons. The molecule has 5 rings (SSSR count). The maximum absolute atomic E-state index is 14.1. The van der Waals surface area contributed by atoms with Gasteiger partial charge in [0.25, 0.3) is 11.8 Å². The smallest absolute Gasteiger partial charge is 0.285 e. The van der Waals surface area contributed by atoms with Crippen molar-refractivity contribution < 1.29 is 14.4 Å². The number of carbonyl (C=O) groups is 3. The Morgan fingerprint density at radius 3 is 2.22 bits per heavy atom. The minimum absolute atomic E-state index is 0.0529. The number of aliphatic imine (C=N–C) groups is 1. The molecule has 0 atom stereocenters. The molecule has 0 bridgehead atoms. The van der Waals surface area contributed by atoms with E-state index in [9.17, 15) is 14.4 Å². The number of hydrogen-bond acceptors (Lipinski definition) is 4. The fourth-order valence-corrected chi connectivity index (χ4v) is 6.08. The van der Waals surface area contributed by atoms with Crippen LogP contribution in [0.15, 0.2) is 132 Å². The Kier molecular flexibility index (Phi) is 9.75. The topological polar surface area (TPSA) is 83.8 Å². The zero-order valence-corrected chi connectivity index (χ0v) is 26.3. The van der Waals surface area contributed by atoms with Crippen molar-refractivity contribution in [1.29, 1.82) is 0 Å². The van der Waals surface area contributed by atoms with Crippen LogP contribution in [-0.2, 0) is 21.4 Å². The quantitative estimate of drug-likeness (QED) is 0.127. The fraction of sp³-hybridized carbons (Fsp3) is 0.135. The molecule has 2 heterocycles. The monoisotopic (exact) mass is 614 g/mol. The van der Waals surface area contributed by atoms with Crippen molar-refractivity contribution in [3.05, 3.63) is 149 Å². The van der Waals surface area contributed by atoms with Crippen LogP contribution in [-0.4, -0.2) is 38.1 Å². The van der Waals surface area contributed by atoms with Crippen LogP contribution >= 0.6 is 11.8 Å². The van der Waals surface area contributed by atoms with Crippen molar-refractivity contribution >= 4 is 51.6 Å². The molecule has 1 aromatic heterocycles. The Bertz CT molecular complexity index is 1850. The van der Waals surface area contributed by atoms with E-state index < -0.39 is 11.8 Å². The van der Waals surface area contributed by atoms with Gasteiger partial charge in [0.1, 0.15) is 5.57 Å². The van der Waals surface area contributed by atoms with Gasteiger partial charge in [0.2, 0.25) is 5.91 Å². The lowest BCUT2D eigenvalue weighted by Crippen LogP contribution is -2.42. The summed E-state index contributed by atoms with van der Waals surface area (Å²) >= 11 is 1.04. The Hall–Kier alpha value is -5.21. The zero-order valence-electron chi connectivity index (χ0n) is 25.4. The number of para-hydroxylation sites is 1. The molecule has 3 amide bonds. The highest BCUT2D eigenvalue weighted by Crippen LogP contribution is 2.31.